The van der Waals surface area contributed by atoms with Gasteiger partial charge in [-0.15, -0.1) is 0 Å². The summed E-state index contributed by atoms with van der Waals surface area (Å²) in [5.74, 6) is -0.533. The van der Waals surface area contributed by atoms with Crippen molar-refractivity contribution < 1.29 is 18.3 Å². The van der Waals surface area contributed by atoms with Crippen LogP contribution < -0.4 is 10.1 Å². The highest BCUT2D eigenvalue weighted by molar-refractivity contribution is 5.92. The molecule has 1 amide bonds. The number of rotatable bonds is 5. The number of para-hydroxylation sites is 1. The molecule has 1 N–H and O–H groups in total. The fourth-order valence-electron chi connectivity index (χ4n) is 2.05. The van der Waals surface area contributed by atoms with Crippen molar-refractivity contribution in [1.82, 2.24) is 0 Å². The monoisotopic (exact) mass is 327 g/mol. The Morgan fingerprint density at radius 1 is 1.12 bits per heavy atom. The Kier molecular flexibility index (Phi) is 5.43. The average molecular weight is 327 g/mol. The molecule has 0 atom stereocenters. The Bertz CT molecular complexity index is 838. The summed E-state index contributed by atoms with van der Waals surface area (Å²) in [6.07, 6.45) is -0.176. The molecule has 0 saturated carbocycles. The van der Waals surface area contributed by atoms with E-state index in [9.17, 15) is 13.6 Å². The minimum absolute atomic E-state index is 0.0693. The molecule has 7 heteroatoms. The summed E-state index contributed by atoms with van der Waals surface area (Å²) in [5, 5.41) is 20.4. The number of carbonyl (C=O) groups excluding carboxylic acids is 1. The van der Waals surface area contributed by atoms with Crippen LogP contribution >= 0.6 is 0 Å². The first-order chi connectivity index (χ1) is 11.5. The summed E-state index contributed by atoms with van der Waals surface area (Å²) in [6.45, 7) is -2.98. The van der Waals surface area contributed by atoms with Crippen molar-refractivity contribution in [3.05, 3.63) is 59.2 Å². The van der Waals surface area contributed by atoms with Crippen LogP contribution in [-0.2, 0) is 11.2 Å². The molecule has 0 bridgehead atoms. The van der Waals surface area contributed by atoms with Gasteiger partial charge in [-0.1, -0.05) is 18.2 Å². The van der Waals surface area contributed by atoms with Gasteiger partial charge in [0, 0.05) is 11.3 Å². The minimum atomic E-state index is -2.98. The minimum Gasteiger partial charge on any atom is -0.435 e. The number of benzene rings is 2. The fourth-order valence-corrected chi connectivity index (χ4v) is 2.05. The van der Waals surface area contributed by atoms with Crippen LogP contribution in [0.15, 0.2) is 42.5 Å². The third-order valence-electron chi connectivity index (χ3n) is 3.08. The van der Waals surface area contributed by atoms with Crippen molar-refractivity contribution in [2.45, 2.75) is 13.0 Å². The number of halogens is 2. The molecule has 2 aromatic rings. The number of ether oxygens (including phenoxy) is 1. The van der Waals surface area contributed by atoms with Crippen molar-refractivity contribution in [3.8, 4) is 17.9 Å². The molecule has 0 aliphatic carbocycles. The Labute approximate surface area is 136 Å². The van der Waals surface area contributed by atoms with Gasteiger partial charge in [0.25, 0.3) is 0 Å². The van der Waals surface area contributed by atoms with Crippen LogP contribution in [0.3, 0.4) is 0 Å². The van der Waals surface area contributed by atoms with E-state index in [1.165, 1.54) is 36.4 Å². The van der Waals surface area contributed by atoms with Crippen LogP contribution in [0, 0.1) is 22.7 Å². The molecule has 0 saturated heterocycles. The molecule has 0 spiro atoms. The number of nitrogens with one attached hydrogen (secondary N) is 1. The molecule has 5 nitrogen and oxygen atoms in total. The zero-order valence-corrected chi connectivity index (χ0v) is 12.3. The summed E-state index contributed by atoms with van der Waals surface area (Å²) in [4.78, 5) is 12.1. The molecular weight excluding hydrogens is 316 g/mol. The van der Waals surface area contributed by atoms with E-state index in [1.54, 1.807) is 6.07 Å². The van der Waals surface area contributed by atoms with E-state index >= 15 is 0 Å². The Morgan fingerprint density at radius 3 is 2.50 bits per heavy atom. The fraction of sp³-hybridized carbons (Fsp3) is 0.118. The lowest BCUT2D eigenvalue weighted by atomic mass is 10.1. The Hall–Kier alpha value is -3.45. The van der Waals surface area contributed by atoms with Crippen LogP contribution in [-0.4, -0.2) is 12.5 Å². The lowest BCUT2D eigenvalue weighted by molar-refractivity contribution is -0.115. The van der Waals surface area contributed by atoms with Crippen molar-refractivity contribution in [2.24, 2.45) is 0 Å². The summed E-state index contributed by atoms with van der Waals surface area (Å²) < 4.78 is 29.1. The van der Waals surface area contributed by atoms with Gasteiger partial charge < -0.3 is 10.1 Å². The van der Waals surface area contributed by atoms with Crippen LogP contribution in [0.5, 0.6) is 5.75 Å². The molecule has 2 rings (SSSR count). The van der Waals surface area contributed by atoms with Crippen LogP contribution in [0.4, 0.5) is 14.5 Å². The summed E-state index contributed by atoms with van der Waals surface area (Å²) in [5.41, 5.74) is 0.982. The van der Waals surface area contributed by atoms with Gasteiger partial charge in [-0.3, -0.25) is 4.79 Å². The molecular formula is C17H11F2N3O2. The molecule has 0 aliphatic rings. The van der Waals surface area contributed by atoms with E-state index in [0.717, 1.165) is 0 Å². The zero-order chi connectivity index (χ0) is 17.5. The van der Waals surface area contributed by atoms with Crippen LogP contribution in [0.2, 0.25) is 0 Å². The first kappa shape index (κ1) is 16.9. The van der Waals surface area contributed by atoms with Gasteiger partial charge in [0.2, 0.25) is 5.91 Å². The summed E-state index contributed by atoms with van der Waals surface area (Å²) in [6, 6.07) is 14.0. The number of carbonyl (C=O) groups is 1. The quantitative estimate of drug-likeness (QED) is 0.913. The molecule has 24 heavy (non-hydrogen) atoms. The standard InChI is InChI=1S/C17H11F2N3O2/c18-17(19)24-15-4-2-1-3-11(15)8-16(23)22-14-6-5-12(9-20)13(7-14)10-21/h1-7,17H,8H2,(H,22,23). The SMILES string of the molecule is N#Cc1ccc(NC(=O)Cc2ccccc2OC(F)F)cc1C#N. The van der Waals surface area contributed by atoms with Crippen molar-refractivity contribution >= 4 is 11.6 Å². The van der Waals surface area contributed by atoms with E-state index in [0.29, 0.717) is 11.3 Å². The van der Waals surface area contributed by atoms with E-state index in [4.69, 9.17) is 10.5 Å². The van der Waals surface area contributed by atoms with Gasteiger partial charge in [0.05, 0.1) is 17.5 Å². The number of amides is 1. The third-order valence-corrected chi connectivity index (χ3v) is 3.08. The van der Waals surface area contributed by atoms with Gasteiger partial charge in [-0.2, -0.15) is 19.3 Å². The number of nitriles is 2. The Balaban J connectivity index is 2.12. The lowest BCUT2D eigenvalue weighted by Gasteiger charge is -2.11. The second-order valence-corrected chi connectivity index (χ2v) is 4.70. The lowest BCUT2D eigenvalue weighted by Crippen LogP contribution is -2.16. The molecule has 0 aromatic heterocycles. The highest BCUT2D eigenvalue weighted by atomic mass is 19.3. The third kappa shape index (κ3) is 4.28. The van der Waals surface area contributed by atoms with Crippen LogP contribution in [0.25, 0.3) is 0 Å². The first-order valence-electron chi connectivity index (χ1n) is 6.80. The van der Waals surface area contributed by atoms with Gasteiger partial charge >= 0.3 is 6.61 Å². The predicted octanol–water partition coefficient (Wildman–Crippen LogP) is 3.21. The predicted molar refractivity (Wildman–Crippen MR) is 81.3 cm³/mol. The zero-order valence-electron chi connectivity index (χ0n) is 12.3. The smallest absolute Gasteiger partial charge is 0.387 e. The van der Waals surface area contributed by atoms with Crippen molar-refractivity contribution in [3.63, 3.8) is 0 Å². The Morgan fingerprint density at radius 2 is 1.83 bits per heavy atom. The van der Waals surface area contributed by atoms with Gasteiger partial charge in [0.1, 0.15) is 17.9 Å². The molecule has 0 unspecified atom stereocenters. The van der Waals surface area contributed by atoms with E-state index in [1.807, 2.05) is 12.1 Å². The maximum absolute atomic E-state index is 12.4. The maximum atomic E-state index is 12.4. The summed E-state index contributed by atoms with van der Waals surface area (Å²) in [7, 11) is 0. The average Bonchev–Trinajstić information content (AvgIpc) is 2.56. The normalized spacial score (nSPS) is 9.88. The van der Waals surface area contributed by atoms with Crippen molar-refractivity contribution in [1.29, 1.82) is 10.5 Å². The number of hydrogen-bond donors (Lipinski definition) is 1. The maximum Gasteiger partial charge on any atom is 0.387 e. The molecule has 120 valence electrons. The van der Waals surface area contributed by atoms with Gasteiger partial charge in [-0.05, 0) is 24.3 Å². The highest BCUT2D eigenvalue weighted by Crippen LogP contribution is 2.21. The number of nitrogens with zero attached hydrogens (tertiary/aromatic N) is 2. The first-order valence-corrected chi connectivity index (χ1v) is 6.80. The number of anilines is 1. The number of hydrogen-bond acceptors (Lipinski definition) is 4. The van der Waals surface area contributed by atoms with E-state index in [2.05, 4.69) is 10.1 Å². The summed E-state index contributed by atoms with van der Waals surface area (Å²) >= 11 is 0. The molecule has 0 fully saturated rings. The molecule has 2 aromatic carbocycles. The molecule has 0 aliphatic heterocycles. The van der Waals surface area contributed by atoms with Crippen molar-refractivity contribution in [2.75, 3.05) is 5.32 Å². The van der Waals surface area contributed by atoms with E-state index < -0.39 is 12.5 Å². The van der Waals surface area contributed by atoms with Gasteiger partial charge in [0.15, 0.2) is 0 Å². The largest absolute Gasteiger partial charge is 0.435 e. The van der Waals surface area contributed by atoms with Gasteiger partial charge in [-0.25, -0.2) is 0 Å². The second kappa shape index (κ2) is 7.70. The van der Waals surface area contributed by atoms with Crippen LogP contribution in [0.1, 0.15) is 16.7 Å². The molecule has 0 radical (unpaired) electrons. The topological polar surface area (TPSA) is 85.9 Å². The highest BCUT2D eigenvalue weighted by Gasteiger charge is 2.13. The number of alkyl halides is 2. The van der Waals surface area contributed by atoms with E-state index in [-0.39, 0.29) is 23.3 Å². The molecule has 0 heterocycles. The second-order valence-electron chi connectivity index (χ2n) is 4.70.